The molecule has 1 saturated carbocycles. The van der Waals surface area contributed by atoms with Crippen molar-refractivity contribution in [3.63, 3.8) is 0 Å². The van der Waals surface area contributed by atoms with Crippen LogP contribution in [0.5, 0.6) is 5.75 Å². The molecule has 1 aliphatic carbocycles. The number of hydrogen-bond donors (Lipinski definition) is 0. The van der Waals surface area contributed by atoms with E-state index in [0.717, 1.165) is 49.0 Å². The normalized spacial score (nSPS) is 24.2. The number of benzene rings is 3. The van der Waals surface area contributed by atoms with Crippen LogP contribution in [0.2, 0.25) is 0 Å². The number of methoxy groups -OCH3 is 1. The van der Waals surface area contributed by atoms with Gasteiger partial charge in [0.2, 0.25) is 0 Å². The second-order valence-electron chi connectivity index (χ2n) is 12.4. The van der Waals surface area contributed by atoms with Crippen molar-refractivity contribution in [3.05, 3.63) is 90.5 Å². The first-order valence-corrected chi connectivity index (χ1v) is 15.2. The molecule has 6 nitrogen and oxygen atoms in total. The van der Waals surface area contributed by atoms with Crippen LogP contribution < -0.4 is 4.74 Å². The maximum atomic E-state index is 14.4. The molecule has 0 spiro atoms. The average molecular weight is 569 g/mol. The highest BCUT2D eigenvalue weighted by atomic mass is 16.5. The van der Waals surface area contributed by atoms with Crippen LogP contribution in [0, 0.1) is 11.8 Å². The fourth-order valence-electron chi connectivity index (χ4n) is 7.37. The Labute approximate surface area is 250 Å². The number of esters is 1. The zero-order valence-corrected chi connectivity index (χ0v) is 25.4. The number of nitrogens with zero attached hydrogens (tertiary/aromatic N) is 2. The largest absolute Gasteiger partial charge is 0.497 e. The molecule has 2 aliphatic rings. The van der Waals surface area contributed by atoms with Gasteiger partial charge in [0.05, 0.1) is 7.11 Å². The smallest absolute Gasteiger partial charge is 0.302 e. The molecule has 1 saturated heterocycles. The number of likely N-dealkylation sites (tertiary alicyclic amines) is 1. The molecule has 1 heterocycles. The number of carbonyl (C=O) groups excluding carboxylic acids is 2. The molecule has 0 radical (unpaired) electrons. The number of ether oxygens (including phenoxy) is 2. The monoisotopic (exact) mass is 568 g/mol. The van der Waals surface area contributed by atoms with E-state index in [9.17, 15) is 9.59 Å². The van der Waals surface area contributed by atoms with Gasteiger partial charge in [0, 0.05) is 55.9 Å². The van der Waals surface area contributed by atoms with Crippen molar-refractivity contribution in [2.45, 2.75) is 57.6 Å². The third kappa shape index (κ3) is 6.10. The van der Waals surface area contributed by atoms with Crippen LogP contribution in [0.4, 0.5) is 0 Å². The predicted octanol–water partition coefficient (Wildman–Crippen LogP) is 6.49. The minimum Gasteiger partial charge on any atom is -0.497 e. The molecule has 0 N–H and O–H groups in total. The summed E-state index contributed by atoms with van der Waals surface area (Å²) in [6.07, 6.45) is 3.93. The fourth-order valence-corrected chi connectivity index (χ4v) is 7.37. The summed E-state index contributed by atoms with van der Waals surface area (Å²) in [7, 11) is 1.69. The molecule has 1 unspecified atom stereocenters. The van der Waals surface area contributed by atoms with Crippen molar-refractivity contribution >= 4 is 22.6 Å². The molecule has 1 aliphatic heterocycles. The predicted molar refractivity (Wildman–Crippen MR) is 168 cm³/mol. The third-order valence-corrected chi connectivity index (χ3v) is 9.20. The van der Waals surface area contributed by atoms with Gasteiger partial charge >= 0.3 is 5.97 Å². The summed E-state index contributed by atoms with van der Waals surface area (Å²) >= 11 is 0. The third-order valence-electron chi connectivity index (χ3n) is 9.20. The minimum atomic E-state index is -0.320. The fraction of sp³-hybridized carbons (Fsp3) is 0.444. The maximum Gasteiger partial charge on any atom is 0.302 e. The molecular weight excluding hydrogens is 524 g/mol. The van der Waals surface area contributed by atoms with E-state index >= 15 is 0 Å². The molecule has 42 heavy (non-hydrogen) atoms. The second-order valence-corrected chi connectivity index (χ2v) is 12.4. The SMILES string of the molecule is C=CCN1CC[C@@]2(c3cccc(OC)c3)C[C@H](N(CC(C)C)C(=O)c3ccc4ccccc4c3)CC(OC(C)=O)[C@@H]2C1. The van der Waals surface area contributed by atoms with Gasteiger partial charge in [0.15, 0.2) is 0 Å². The summed E-state index contributed by atoms with van der Waals surface area (Å²) in [6.45, 7) is 12.9. The number of rotatable bonds is 9. The first-order valence-electron chi connectivity index (χ1n) is 15.2. The van der Waals surface area contributed by atoms with Gasteiger partial charge in [-0.15, -0.1) is 6.58 Å². The van der Waals surface area contributed by atoms with Crippen LogP contribution in [0.15, 0.2) is 79.4 Å². The van der Waals surface area contributed by atoms with Crippen molar-refractivity contribution in [3.8, 4) is 5.75 Å². The van der Waals surface area contributed by atoms with Gasteiger partial charge in [0.1, 0.15) is 11.9 Å². The lowest BCUT2D eigenvalue weighted by atomic mass is 9.56. The summed E-state index contributed by atoms with van der Waals surface area (Å²) in [5.41, 5.74) is 1.60. The van der Waals surface area contributed by atoms with Crippen LogP contribution in [0.3, 0.4) is 0 Å². The summed E-state index contributed by atoms with van der Waals surface area (Å²) in [5.74, 6) is 0.921. The molecule has 0 aromatic heterocycles. The Morgan fingerprint density at radius 1 is 1.10 bits per heavy atom. The molecule has 1 amide bonds. The van der Waals surface area contributed by atoms with E-state index in [1.54, 1.807) is 7.11 Å². The van der Waals surface area contributed by atoms with E-state index in [-0.39, 0.29) is 41.3 Å². The summed E-state index contributed by atoms with van der Waals surface area (Å²) < 4.78 is 11.8. The van der Waals surface area contributed by atoms with Crippen LogP contribution in [0.1, 0.15) is 56.0 Å². The molecular formula is C36H44N2O4. The standard InChI is InChI=1S/C36H44N2O4/c1-6-17-37-18-16-36(30-12-9-13-32(20-30)41-5)22-31(21-34(33(36)24-37)42-26(4)39)38(23-25(2)3)35(40)29-15-14-27-10-7-8-11-28(27)19-29/h6-15,19-20,25,31,33-34H,1,16-18,21-24H2,2-5H3/t31-,33+,34?,36+/m1/s1. The van der Waals surface area contributed by atoms with Crippen LogP contribution in [0.25, 0.3) is 10.8 Å². The van der Waals surface area contributed by atoms with E-state index in [1.165, 1.54) is 12.5 Å². The Bertz CT molecular complexity index is 1430. The molecule has 4 atom stereocenters. The molecule has 5 rings (SSSR count). The number of piperidine rings is 1. The van der Waals surface area contributed by atoms with Crippen molar-refractivity contribution in [2.24, 2.45) is 11.8 Å². The molecule has 2 fully saturated rings. The first-order chi connectivity index (χ1) is 20.2. The Balaban J connectivity index is 1.59. The summed E-state index contributed by atoms with van der Waals surface area (Å²) in [6, 6.07) is 22.4. The number of fused-ring (bicyclic) bond motifs is 2. The van der Waals surface area contributed by atoms with Crippen molar-refractivity contribution in [1.82, 2.24) is 9.80 Å². The summed E-state index contributed by atoms with van der Waals surface area (Å²) in [4.78, 5) is 31.4. The zero-order chi connectivity index (χ0) is 29.9. The minimum absolute atomic E-state index is 0.0318. The van der Waals surface area contributed by atoms with Gasteiger partial charge < -0.3 is 14.4 Å². The van der Waals surface area contributed by atoms with E-state index < -0.39 is 0 Å². The van der Waals surface area contributed by atoms with Crippen molar-refractivity contribution in [1.29, 1.82) is 0 Å². The molecule has 222 valence electrons. The maximum absolute atomic E-state index is 14.4. The molecule has 6 heteroatoms. The lowest BCUT2D eigenvalue weighted by Gasteiger charge is -2.56. The highest BCUT2D eigenvalue weighted by molar-refractivity contribution is 5.98. The van der Waals surface area contributed by atoms with Gasteiger partial charge in [-0.1, -0.05) is 62.4 Å². The lowest BCUT2D eigenvalue weighted by molar-refractivity contribution is -0.158. The highest BCUT2D eigenvalue weighted by Crippen LogP contribution is 2.51. The van der Waals surface area contributed by atoms with E-state index in [2.05, 4.69) is 54.5 Å². The van der Waals surface area contributed by atoms with Gasteiger partial charge in [0.25, 0.3) is 5.91 Å². The van der Waals surface area contributed by atoms with E-state index in [4.69, 9.17) is 9.47 Å². The number of hydrogen-bond acceptors (Lipinski definition) is 5. The second kappa shape index (κ2) is 12.7. The van der Waals surface area contributed by atoms with Crippen LogP contribution in [-0.4, -0.2) is 67.1 Å². The summed E-state index contributed by atoms with van der Waals surface area (Å²) in [5, 5.41) is 2.17. The van der Waals surface area contributed by atoms with Crippen molar-refractivity contribution < 1.29 is 19.1 Å². The Morgan fingerprint density at radius 2 is 1.88 bits per heavy atom. The Kier molecular flexibility index (Phi) is 9.02. The van der Waals surface area contributed by atoms with Gasteiger partial charge in [-0.2, -0.15) is 0 Å². The van der Waals surface area contributed by atoms with E-state index in [1.807, 2.05) is 48.5 Å². The van der Waals surface area contributed by atoms with Gasteiger partial charge in [-0.3, -0.25) is 14.5 Å². The first kappa shape index (κ1) is 29.8. The van der Waals surface area contributed by atoms with Crippen molar-refractivity contribution in [2.75, 3.05) is 33.3 Å². The average Bonchev–Trinajstić information content (AvgIpc) is 2.99. The quantitative estimate of drug-likeness (QED) is 0.218. The molecule has 3 aromatic rings. The Hall–Kier alpha value is -3.64. The van der Waals surface area contributed by atoms with Gasteiger partial charge in [-0.25, -0.2) is 0 Å². The van der Waals surface area contributed by atoms with Gasteiger partial charge in [-0.05, 0) is 65.9 Å². The number of amides is 1. The molecule has 3 aromatic carbocycles. The highest BCUT2D eigenvalue weighted by Gasteiger charge is 2.54. The topological polar surface area (TPSA) is 59.1 Å². The van der Waals surface area contributed by atoms with E-state index in [0.29, 0.717) is 18.5 Å². The molecule has 0 bridgehead atoms. The van der Waals surface area contributed by atoms with Crippen LogP contribution in [-0.2, 0) is 14.9 Å². The zero-order valence-electron chi connectivity index (χ0n) is 25.4. The van der Waals surface area contributed by atoms with Crippen LogP contribution >= 0.6 is 0 Å². The number of carbonyl (C=O) groups is 2. The lowest BCUT2D eigenvalue weighted by Crippen LogP contribution is -2.62. The Morgan fingerprint density at radius 3 is 2.60 bits per heavy atom.